The molecule has 0 spiro atoms. The van der Waals surface area contributed by atoms with Crippen molar-refractivity contribution in [2.45, 2.75) is 50.9 Å². The molecule has 10 nitrogen and oxygen atoms in total. The van der Waals surface area contributed by atoms with Crippen molar-refractivity contribution in [2.24, 2.45) is 5.92 Å². The van der Waals surface area contributed by atoms with Gasteiger partial charge >= 0.3 is 18.6 Å². The fourth-order valence-electron chi connectivity index (χ4n) is 4.81. The van der Waals surface area contributed by atoms with Crippen molar-refractivity contribution in [1.82, 2.24) is 5.32 Å². The number of esters is 2. The van der Waals surface area contributed by atoms with Crippen LogP contribution in [0.2, 0.25) is 10.0 Å². The van der Waals surface area contributed by atoms with Gasteiger partial charge in [0.1, 0.15) is 22.2 Å². The quantitative estimate of drug-likeness (QED) is 0.0955. The molecule has 0 amide bonds. The van der Waals surface area contributed by atoms with Crippen LogP contribution in [0.3, 0.4) is 0 Å². The van der Waals surface area contributed by atoms with E-state index in [1.54, 1.807) is 0 Å². The smallest absolute Gasteiger partial charge is 0.387 e. The number of pyridine rings is 1. The summed E-state index contributed by atoms with van der Waals surface area (Å²) >= 11 is 12.7. The number of benzene rings is 2. The Bertz CT molecular complexity index is 1530. The Morgan fingerprint density at radius 3 is 2.37 bits per heavy atom. The number of halogens is 5. The second-order valence-electron chi connectivity index (χ2n) is 10.7. The zero-order chi connectivity index (χ0) is 32.1. The molecule has 2 atom stereocenters. The lowest BCUT2D eigenvalue weighted by Gasteiger charge is -2.22. The van der Waals surface area contributed by atoms with E-state index in [0.29, 0.717) is 41.3 Å². The first-order valence-electron chi connectivity index (χ1n) is 14.2. The van der Waals surface area contributed by atoms with Crippen LogP contribution in [-0.4, -0.2) is 44.9 Å². The fraction of sp³-hybridized carbons (Fsp3) is 0.387. The molecule has 2 aromatic carbocycles. The minimum atomic E-state index is -3.09. The van der Waals surface area contributed by atoms with Crippen molar-refractivity contribution in [3.63, 3.8) is 0 Å². The highest BCUT2D eigenvalue weighted by atomic mass is 35.5. The van der Waals surface area contributed by atoms with Crippen LogP contribution in [0.4, 0.5) is 8.78 Å². The van der Waals surface area contributed by atoms with E-state index < -0.39 is 30.7 Å². The van der Waals surface area contributed by atoms with E-state index in [9.17, 15) is 23.6 Å². The molecule has 1 unspecified atom stereocenters. The van der Waals surface area contributed by atoms with Crippen LogP contribution in [0, 0.1) is 11.1 Å². The number of carbonyl (C=O) groups is 2. The second-order valence-corrected chi connectivity index (χ2v) is 11.5. The van der Waals surface area contributed by atoms with Crippen LogP contribution >= 0.6 is 35.6 Å². The Morgan fingerprint density at radius 1 is 1.02 bits per heavy atom. The van der Waals surface area contributed by atoms with Crippen LogP contribution in [0.25, 0.3) is 0 Å². The highest BCUT2D eigenvalue weighted by molar-refractivity contribution is 6.35. The summed E-state index contributed by atoms with van der Waals surface area (Å²) in [5.74, 6) is -0.887. The molecule has 1 saturated heterocycles. The molecular weight excluding hydrogens is 673 g/mol. The topological polar surface area (TPSA) is 119 Å². The summed E-state index contributed by atoms with van der Waals surface area (Å²) < 4.78 is 54.0. The average Bonchev–Trinajstić information content (AvgIpc) is 3.66. The van der Waals surface area contributed by atoms with E-state index >= 15 is 0 Å². The second kappa shape index (κ2) is 15.8. The molecule has 1 saturated carbocycles. The molecular formula is C31H31Cl3F2N2O8. The van der Waals surface area contributed by atoms with E-state index in [2.05, 4.69) is 10.1 Å². The number of nitrogens with one attached hydrogen (secondary N) is 1. The van der Waals surface area contributed by atoms with Gasteiger partial charge in [0.25, 0.3) is 0 Å². The molecule has 2 heterocycles. The highest BCUT2D eigenvalue weighted by Crippen LogP contribution is 2.38. The zero-order valence-corrected chi connectivity index (χ0v) is 26.8. The van der Waals surface area contributed by atoms with E-state index in [-0.39, 0.29) is 57.4 Å². The number of ether oxygens (including phenoxy) is 5. The largest absolute Gasteiger partial charge is 0.619 e. The lowest BCUT2D eigenvalue weighted by Crippen LogP contribution is -2.34. The van der Waals surface area contributed by atoms with E-state index in [1.807, 2.05) is 0 Å². The number of alkyl halides is 2. The molecule has 5 rings (SSSR count). The number of hydrogen-bond donors (Lipinski definition) is 1. The number of carbonyl (C=O) groups excluding carboxylic acids is 2. The third kappa shape index (κ3) is 9.03. The molecule has 2 aliphatic rings. The summed E-state index contributed by atoms with van der Waals surface area (Å²) in [4.78, 5) is 26.2. The molecule has 3 aromatic rings. The maximum Gasteiger partial charge on any atom is 0.387 e. The van der Waals surface area contributed by atoms with E-state index in [1.165, 1.54) is 43.5 Å². The first-order chi connectivity index (χ1) is 21.6. The SMILES string of the molecule is COc1ccc(C(=O)OC(Cc2c(Cl)c[n+]([O-])cc2Cl)c2ccc(OC(F)F)c(OCC3CC3)c2)cc1OC(=O)[C@@H]1CCCN1.Cl. The molecule has 1 aliphatic carbocycles. The molecule has 1 N–H and O–H groups in total. The zero-order valence-electron chi connectivity index (χ0n) is 24.5. The Balaban J connectivity index is 0.00000480. The molecule has 1 aromatic heterocycles. The van der Waals surface area contributed by atoms with Crippen molar-refractivity contribution < 1.29 is 46.8 Å². The van der Waals surface area contributed by atoms with Crippen molar-refractivity contribution in [3.05, 3.63) is 80.7 Å². The van der Waals surface area contributed by atoms with E-state index in [0.717, 1.165) is 31.7 Å². The van der Waals surface area contributed by atoms with Crippen LogP contribution in [-0.2, 0) is 16.0 Å². The lowest BCUT2D eigenvalue weighted by molar-refractivity contribution is -0.605. The van der Waals surface area contributed by atoms with Crippen LogP contribution < -0.4 is 29.0 Å². The number of rotatable bonds is 13. The maximum absolute atomic E-state index is 13.6. The van der Waals surface area contributed by atoms with Crippen molar-refractivity contribution in [2.75, 3.05) is 20.3 Å². The van der Waals surface area contributed by atoms with Gasteiger partial charge in [0.2, 0.25) is 0 Å². The summed E-state index contributed by atoms with van der Waals surface area (Å²) in [5, 5.41) is 15.0. The monoisotopic (exact) mass is 702 g/mol. The first kappa shape index (κ1) is 35.3. The van der Waals surface area contributed by atoms with Crippen molar-refractivity contribution in [1.29, 1.82) is 0 Å². The number of hydrogen-bond acceptors (Lipinski definition) is 9. The number of nitrogens with zero attached hydrogens (tertiary/aromatic N) is 1. The third-order valence-corrected chi connectivity index (χ3v) is 8.03. The summed E-state index contributed by atoms with van der Waals surface area (Å²) in [6.45, 7) is -2.09. The molecule has 2 fully saturated rings. The lowest BCUT2D eigenvalue weighted by atomic mass is 10.0. The normalized spacial score (nSPS) is 16.3. The van der Waals surface area contributed by atoms with Crippen molar-refractivity contribution >= 4 is 47.5 Å². The first-order valence-corrected chi connectivity index (χ1v) is 15.0. The average molecular weight is 704 g/mol. The van der Waals surface area contributed by atoms with Gasteiger partial charge in [-0.3, -0.25) is 0 Å². The van der Waals surface area contributed by atoms with Crippen LogP contribution in [0.15, 0.2) is 48.8 Å². The Hall–Kier alpha value is -3.58. The number of aromatic nitrogens is 1. The number of methoxy groups -OCH3 is 1. The predicted octanol–water partition coefficient (Wildman–Crippen LogP) is 6.25. The minimum Gasteiger partial charge on any atom is -0.619 e. The molecule has 0 radical (unpaired) electrons. The summed E-state index contributed by atoms with van der Waals surface area (Å²) in [6, 6.07) is 7.96. The molecule has 248 valence electrons. The summed E-state index contributed by atoms with van der Waals surface area (Å²) in [5.41, 5.74) is 0.702. The fourth-order valence-corrected chi connectivity index (χ4v) is 5.41. The minimum absolute atomic E-state index is 0. The Kier molecular flexibility index (Phi) is 12.1. The molecule has 46 heavy (non-hydrogen) atoms. The van der Waals surface area contributed by atoms with Crippen LogP contribution in [0.1, 0.15) is 53.3 Å². The molecule has 15 heteroatoms. The molecule has 0 bridgehead atoms. The summed E-state index contributed by atoms with van der Waals surface area (Å²) in [6.07, 6.45) is 4.41. The Morgan fingerprint density at radius 2 is 1.74 bits per heavy atom. The standard InChI is InChI=1S/C31H30Cl2F2N2O8.ClH/c1-41-24-8-7-19(12-28(24)44-30(39)23-3-2-10-36-23)29(38)43-26(13-20-21(32)14-37(40)15-22(20)33)18-6-9-25(45-31(34)35)27(11-18)42-16-17-4-5-17;/h6-9,11-12,14-15,17,23,26,31,36H,2-5,10,13,16H2,1H3;1H/t23-,26?;/m0./s1. The highest BCUT2D eigenvalue weighted by Gasteiger charge is 2.28. The van der Waals surface area contributed by atoms with Crippen molar-refractivity contribution in [3.8, 4) is 23.0 Å². The third-order valence-electron chi connectivity index (χ3n) is 7.38. The van der Waals surface area contributed by atoms with E-state index in [4.69, 9.17) is 42.1 Å². The predicted molar refractivity (Wildman–Crippen MR) is 165 cm³/mol. The van der Waals surface area contributed by atoms with Gasteiger partial charge in [-0.25, -0.2) is 9.59 Å². The maximum atomic E-state index is 13.6. The molecule has 1 aliphatic heterocycles. The van der Waals surface area contributed by atoms with Gasteiger partial charge in [-0.2, -0.15) is 13.5 Å². The Labute approximate surface area is 279 Å². The summed E-state index contributed by atoms with van der Waals surface area (Å²) in [7, 11) is 1.40. The van der Waals surface area contributed by atoms with Gasteiger partial charge in [0, 0.05) is 12.0 Å². The van der Waals surface area contributed by atoms with Gasteiger partial charge in [0.05, 0.1) is 19.3 Å². The van der Waals surface area contributed by atoms with Gasteiger partial charge in [-0.1, -0.05) is 29.3 Å². The van der Waals surface area contributed by atoms with Gasteiger partial charge < -0.3 is 34.2 Å². The van der Waals surface area contributed by atoms with Gasteiger partial charge in [-0.15, -0.1) is 12.4 Å². The van der Waals surface area contributed by atoms with Gasteiger partial charge in [-0.05, 0) is 74.0 Å². The van der Waals surface area contributed by atoms with Gasteiger partial charge in [0.15, 0.2) is 35.4 Å². The van der Waals surface area contributed by atoms with Crippen LogP contribution in [0.5, 0.6) is 23.0 Å².